The number of fused-ring (bicyclic) bond motifs is 1. The molecule has 0 aromatic rings. The highest BCUT2D eigenvalue weighted by Crippen LogP contribution is 2.22. The summed E-state index contributed by atoms with van der Waals surface area (Å²) in [6.07, 6.45) is 0.754. The fourth-order valence-corrected chi connectivity index (χ4v) is 4.59. The van der Waals surface area contributed by atoms with E-state index in [2.05, 4.69) is 21.0 Å². The maximum atomic E-state index is 13.0. The first kappa shape index (κ1) is 20.2. The van der Waals surface area contributed by atoms with Gasteiger partial charge < -0.3 is 36.6 Å². The zero-order valence-electron chi connectivity index (χ0n) is 15.2. The van der Waals surface area contributed by atoms with E-state index in [0.717, 1.165) is 24.5 Å². The summed E-state index contributed by atoms with van der Waals surface area (Å²) in [6, 6.07) is -0.110. The number of rotatable bonds is 6. The quantitative estimate of drug-likeness (QED) is 0.247. The van der Waals surface area contributed by atoms with E-state index in [1.165, 1.54) is 0 Å². The summed E-state index contributed by atoms with van der Waals surface area (Å²) in [5.41, 5.74) is 10.7. The van der Waals surface area contributed by atoms with Crippen molar-refractivity contribution in [2.75, 3.05) is 46.4 Å². The summed E-state index contributed by atoms with van der Waals surface area (Å²) < 4.78 is 5.87. The molecule has 0 radical (unpaired) electrons. The molecule has 0 aromatic carbocycles. The van der Waals surface area contributed by atoms with Crippen LogP contribution in [-0.2, 0) is 9.53 Å². The Kier molecular flexibility index (Phi) is 7.09. The monoisotopic (exact) mass is 390 g/mol. The lowest BCUT2D eigenvalue weighted by molar-refractivity contribution is -0.899. The van der Waals surface area contributed by atoms with E-state index in [4.69, 9.17) is 27.2 Å². The Morgan fingerprint density at radius 2 is 2.38 bits per heavy atom. The molecule has 0 aliphatic carbocycles. The number of hydrogen-bond acceptors (Lipinski definition) is 6. The van der Waals surface area contributed by atoms with Crippen LogP contribution in [0.3, 0.4) is 0 Å². The molecule has 7 atom stereocenters. The Labute approximate surface area is 159 Å². The van der Waals surface area contributed by atoms with E-state index in [1.807, 2.05) is 7.05 Å². The lowest BCUT2D eigenvalue weighted by atomic mass is 9.98. The van der Waals surface area contributed by atoms with E-state index < -0.39 is 12.1 Å². The van der Waals surface area contributed by atoms with E-state index in [9.17, 15) is 4.79 Å². The first-order valence-electron chi connectivity index (χ1n) is 9.41. The number of aliphatic hydroxyl groups excluding tert-OH is 1. The van der Waals surface area contributed by atoms with E-state index >= 15 is 0 Å². The molecule has 3 heterocycles. The minimum Gasteiger partial charge on any atom is -0.436 e. The van der Waals surface area contributed by atoms with Crippen LogP contribution in [0.15, 0.2) is 0 Å². The van der Waals surface area contributed by atoms with Crippen molar-refractivity contribution in [3.05, 3.63) is 5.43 Å². The van der Waals surface area contributed by atoms with Crippen LogP contribution in [0, 0.1) is 5.92 Å². The number of nitrogens with zero attached hydrogens (tertiary/aromatic N) is 2. The Morgan fingerprint density at radius 3 is 3.15 bits per heavy atom. The van der Waals surface area contributed by atoms with Gasteiger partial charge in [-0.05, 0) is 32.6 Å². The summed E-state index contributed by atoms with van der Waals surface area (Å²) >= 11 is 6.28. The van der Waals surface area contributed by atoms with E-state index in [1.54, 1.807) is 0 Å². The number of quaternary nitrogens is 1. The van der Waals surface area contributed by atoms with Gasteiger partial charge in [-0.3, -0.25) is 9.69 Å². The van der Waals surface area contributed by atoms with Crippen LogP contribution in [0.5, 0.6) is 0 Å². The number of halogens is 1. The number of carbonyl (C=O) groups excluding carboxylic acids is 1. The molecule has 3 fully saturated rings. The average Bonchev–Trinajstić information content (AvgIpc) is 2.92. The molecule has 3 saturated heterocycles. The average molecular weight is 391 g/mol. The summed E-state index contributed by atoms with van der Waals surface area (Å²) in [4.78, 5) is 15.1. The molecule has 9 nitrogen and oxygen atoms in total. The van der Waals surface area contributed by atoms with Crippen LogP contribution in [0.25, 0.3) is 5.43 Å². The van der Waals surface area contributed by atoms with E-state index in [-0.39, 0.29) is 36.2 Å². The Bertz CT molecular complexity index is 487. The van der Waals surface area contributed by atoms with Crippen LogP contribution in [0.1, 0.15) is 12.8 Å². The number of carbonyl (C=O) groups is 1. The minimum absolute atomic E-state index is 0.0101. The van der Waals surface area contributed by atoms with Gasteiger partial charge in [-0.25, -0.2) is 0 Å². The van der Waals surface area contributed by atoms with Crippen LogP contribution in [-0.4, -0.2) is 92.2 Å². The van der Waals surface area contributed by atoms with Crippen molar-refractivity contribution in [2.45, 2.75) is 42.7 Å². The standard InChI is InChI=1S/C16H31ClN6O3/c1-22-8-10(17)9-23-16(22)13(14(18)21-23)15(25)20-11-7-19-4-3-12(11)26-6-2-5-24/h10-14,16,19,23-24H,2-9,18H2,1H3,(H,20,25). The third kappa shape index (κ3) is 4.48. The second kappa shape index (κ2) is 9.11. The van der Waals surface area contributed by atoms with Crippen molar-refractivity contribution in [1.82, 2.24) is 15.5 Å². The molecular weight excluding hydrogens is 360 g/mol. The van der Waals surface area contributed by atoms with Gasteiger partial charge in [0.05, 0.1) is 24.1 Å². The van der Waals surface area contributed by atoms with Gasteiger partial charge >= 0.3 is 0 Å². The zero-order chi connectivity index (χ0) is 18.7. The molecule has 0 aromatic heterocycles. The van der Waals surface area contributed by atoms with Gasteiger partial charge in [0.2, 0.25) is 5.91 Å². The number of alkyl halides is 1. The third-order valence-corrected chi connectivity index (χ3v) is 5.73. The SMILES string of the molecule is CN1CC(Cl)C[NH+]2[N-]C(N)C(C(=O)NC3CNCCC3OCCCO)C12. The van der Waals surface area contributed by atoms with Gasteiger partial charge in [0, 0.05) is 26.3 Å². The molecular formula is C16H31ClN6O3. The largest absolute Gasteiger partial charge is 0.436 e. The fourth-order valence-electron chi connectivity index (χ4n) is 4.22. The molecule has 0 spiro atoms. The predicted molar refractivity (Wildman–Crippen MR) is 97.6 cm³/mol. The highest BCUT2D eigenvalue weighted by atomic mass is 35.5. The number of nitrogens with one attached hydrogen (secondary N) is 3. The van der Waals surface area contributed by atoms with Crippen molar-refractivity contribution < 1.29 is 19.6 Å². The molecule has 3 aliphatic heterocycles. The third-order valence-electron chi connectivity index (χ3n) is 5.44. The lowest BCUT2D eigenvalue weighted by Crippen LogP contribution is -3.15. The molecule has 0 bridgehead atoms. The lowest BCUT2D eigenvalue weighted by Gasteiger charge is -2.42. The molecule has 26 heavy (non-hydrogen) atoms. The molecule has 3 aliphatic rings. The zero-order valence-corrected chi connectivity index (χ0v) is 16.0. The van der Waals surface area contributed by atoms with Gasteiger partial charge in [0.15, 0.2) is 0 Å². The van der Waals surface area contributed by atoms with Crippen LogP contribution in [0.4, 0.5) is 0 Å². The van der Waals surface area contributed by atoms with Gasteiger partial charge in [0.25, 0.3) is 0 Å². The van der Waals surface area contributed by atoms with Gasteiger partial charge in [0.1, 0.15) is 12.1 Å². The highest BCUT2D eigenvalue weighted by molar-refractivity contribution is 6.20. The number of hydrogen-bond donors (Lipinski definition) is 5. The maximum Gasteiger partial charge on any atom is 0.230 e. The Hall–Kier alpha value is -0.520. The number of ether oxygens (including phenoxy) is 1. The van der Waals surface area contributed by atoms with Crippen molar-refractivity contribution in [1.29, 1.82) is 0 Å². The molecule has 1 amide bonds. The molecule has 150 valence electrons. The molecule has 10 heteroatoms. The van der Waals surface area contributed by atoms with Gasteiger partial charge in [-0.1, -0.05) is 0 Å². The number of nitrogens with two attached hydrogens (primary N) is 1. The van der Waals surface area contributed by atoms with Gasteiger partial charge in [-0.15, -0.1) is 11.6 Å². The topological polar surface area (TPSA) is 118 Å². The van der Waals surface area contributed by atoms with Gasteiger partial charge in [-0.2, -0.15) is 0 Å². The summed E-state index contributed by atoms with van der Waals surface area (Å²) in [7, 11) is 1.97. The summed E-state index contributed by atoms with van der Waals surface area (Å²) in [6.45, 7) is 3.52. The first-order valence-corrected chi connectivity index (χ1v) is 9.85. The van der Waals surface area contributed by atoms with Crippen molar-refractivity contribution in [3.63, 3.8) is 0 Å². The van der Waals surface area contributed by atoms with Crippen LogP contribution in [0.2, 0.25) is 0 Å². The summed E-state index contributed by atoms with van der Waals surface area (Å²) in [5, 5.41) is 16.3. The number of amides is 1. The Morgan fingerprint density at radius 1 is 1.58 bits per heavy atom. The molecule has 6 N–H and O–H groups in total. The molecule has 0 saturated carbocycles. The highest BCUT2D eigenvalue weighted by Gasteiger charge is 2.47. The smallest absolute Gasteiger partial charge is 0.230 e. The van der Waals surface area contributed by atoms with Crippen LogP contribution >= 0.6 is 11.6 Å². The van der Waals surface area contributed by atoms with Crippen molar-refractivity contribution in [3.8, 4) is 0 Å². The number of aliphatic hydroxyl groups is 1. The second-order valence-electron chi connectivity index (χ2n) is 7.42. The Balaban J connectivity index is 1.62. The van der Waals surface area contributed by atoms with E-state index in [0.29, 0.717) is 26.1 Å². The first-order chi connectivity index (χ1) is 12.5. The fraction of sp³-hybridized carbons (Fsp3) is 0.938. The number of piperidine rings is 1. The normalized spacial score (nSPS) is 41.0. The molecule has 3 rings (SSSR count). The summed E-state index contributed by atoms with van der Waals surface area (Å²) in [5.74, 6) is -0.482. The van der Waals surface area contributed by atoms with Crippen LogP contribution < -0.4 is 21.4 Å². The van der Waals surface area contributed by atoms with Crippen molar-refractivity contribution >= 4 is 17.5 Å². The second-order valence-corrected chi connectivity index (χ2v) is 8.03. The molecule has 7 unspecified atom stereocenters. The predicted octanol–water partition coefficient (Wildman–Crippen LogP) is -2.80. The van der Waals surface area contributed by atoms with Crippen molar-refractivity contribution in [2.24, 2.45) is 11.7 Å². The minimum atomic E-state index is -0.537. The maximum absolute atomic E-state index is 13.0.